The van der Waals surface area contributed by atoms with Gasteiger partial charge in [-0.25, -0.2) is 4.79 Å². The quantitative estimate of drug-likeness (QED) is 0.0106. The van der Waals surface area contributed by atoms with Crippen LogP contribution in [-0.2, 0) is 60.8 Å². The predicted molar refractivity (Wildman–Crippen MR) is 487 cm³/mol. The Hall–Kier alpha value is -6.38. The van der Waals surface area contributed by atoms with Gasteiger partial charge in [-0.15, -0.1) is 0 Å². The van der Waals surface area contributed by atoms with Gasteiger partial charge < -0.3 is 58.7 Å². The van der Waals surface area contributed by atoms with Crippen molar-refractivity contribution in [3.63, 3.8) is 0 Å². The number of aliphatic hydroxyl groups excluding tert-OH is 1. The number of carboxylic acids is 3. The molecule has 0 aliphatic carbocycles. The first kappa shape index (κ1) is 105. The summed E-state index contributed by atoms with van der Waals surface area (Å²) < 4.78 is 0. The van der Waals surface area contributed by atoms with E-state index in [0.29, 0.717) is 5.56 Å². The van der Waals surface area contributed by atoms with E-state index in [9.17, 15) is 24.6 Å². The molecule has 0 atom stereocenters. The maximum absolute atomic E-state index is 10.2. The number of carboxylic acid groups (broad SMARTS) is 3. The molecule has 0 aliphatic heterocycles. The summed E-state index contributed by atoms with van der Waals surface area (Å²) in [5, 5.41) is 63.1. The molecule has 0 heterocycles. The topological polar surface area (TPSA) is 186 Å². The number of halogens is 2. The molecule has 13 aromatic carbocycles. The van der Waals surface area contributed by atoms with E-state index >= 15 is 0 Å². The van der Waals surface area contributed by atoms with Crippen molar-refractivity contribution in [2.75, 3.05) is 57.4 Å². The SMILES string of the molecule is CCO.O=C(O)c1ccccc1.O=C([O-])c1ccccc1.O=C([O-])c1ccccc1.[CH3-].[Cl][Ru+2][Cl].[Na+].[Na+].[Ru+3].c1ccc([PH+](CCNCc2ccccc2CNCC[PH+](c2ccccc2)c2ccccc2)c2ccccc2)cc1.c1ccc([PH+](CCNCc2ccccc2CNCC[PH+](c2ccccc2)c2ccccc2)c2ccccc2)cc1. The van der Waals surface area contributed by atoms with Crippen LogP contribution in [0.1, 0.15) is 60.3 Å². The zero-order valence-electron chi connectivity index (χ0n) is 67.0. The Bertz CT molecular complexity index is 3950. The average Bonchev–Trinajstić information content (AvgIpc) is 0.860. The molecule has 6 N–H and O–H groups in total. The molecular weight excluding hydrogens is 1760 g/mol. The van der Waals surface area contributed by atoms with Crippen LogP contribution in [0.3, 0.4) is 0 Å². The summed E-state index contributed by atoms with van der Waals surface area (Å²) in [4.78, 5) is 30.4. The van der Waals surface area contributed by atoms with Crippen molar-refractivity contribution in [1.82, 2.24) is 21.3 Å². The minimum atomic E-state index is -1.13. The standard InChI is InChI=1S/2C36H38N2P2.3C7H6O2.C2H6O.CH3.2ClH.2Na.2Ru/c2*1-5-17-33(18-6-1)39(34-19-7-2-8-20-34)27-25-37-29-31-15-13-14-16-32(31)30-38-26-28-40(35-21-9-3-10-22-35)36-23-11-4-12-24-36;3*8-7(9)6-4-2-1-3-5-6;1-2-3;;;;;;;/h2*1-24,37-38H,25-30H2;3*1-5H,(H,8,9);3H,2H2,1H3;1H3;2*1H;;;;/q;;;;;;-1;;;2*+1;+3;+4. The first-order valence-electron chi connectivity index (χ1n) is 37.6. The average molecular weight is 1870 g/mol. The van der Waals surface area contributed by atoms with Crippen LogP contribution in [0.15, 0.2) is 382 Å². The number of hydrogen-bond acceptors (Lipinski definition) is 10. The largest absolute Gasteiger partial charge is 3.00 e. The fraction of sp³-hybridized carbons (Fsp3) is 0.146. The Morgan fingerprint density at radius 1 is 0.299 bits per heavy atom. The number of aromatic carboxylic acids is 3. The number of aliphatic hydroxyl groups is 1. The van der Waals surface area contributed by atoms with Crippen LogP contribution >= 0.6 is 51.1 Å². The van der Waals surface area contributed by atoms with Crippen molar-refractivity contribution in [2.45, 2.75) is 33.1 Å². The van der Waals surface area contributed by atoms with E-state index < -0.39 is 49.6 Å². The molecule has 0 spiro atoms. The van der Waals surface area contributed by atoms with Crippen LogP contribution in [0.5, 0.6) is 0 Å². The van der Waals surface area contributed by atoms with Gasteiger partial charge in [0.15, 0.2) is 0 Å². The smallest absolute Gasteiger partial charge is 0.309 e. The molecule has 0 bridgehead atoms. The molecule has 0 aromatic heterocycles. The van der Waals surface area contributed by atoms with E-state index in [1.807, 2.05) is 0 Å². The molecule has 0 fully saturated rings. The Kier molecular flexibility index (Phi) is 58.6. The van der Waals surface area contributed by atoms with Gasteiger partial charge in [0.1, 0.15) is 0 Å². The van der Waals surface area contributed by atoms with Crippen molar-refractivity contribution in [1.29, 1.82) is 0 Å². The minimum Gasteiger partial charge on any atom is -0.309 e. The fourth-order valence-corrected chi connectivity index (χ4v) is 22.3. The van der Waals surface area contributed by atoms with E-state index in [0.717, 1.165) is 52.4 Å². The first-order chi connectivity index (χ1) is 55.5. The van der Waals surface area contributed by atoms with E-state index in [1.54, 1.807) is 73.7 Å². The van der Waals surface area contributed by atoms with Gasteiger partial charge >= 0.3 is 119 Å². The second kappa shape index (κ2) is 65.4. The van der Waals surface area contributed by atoms with Gasteiger partial charge in [-0.05, 0) is 149 Å². The molecule has 11 nitrogen and oxygen atoms in total. The van der Waals surface area contributed by atoms with Crippen molar-refractivity contribution >= 4 is 111 Å². The van der Waals surface area contributed by atoms with Gasteiger partial charge in [-0.1, -0.05) is 273 Å². The van der Waals surface area contributed by atoms with Gasteiger partial charge in [0.25, 0.3) is 0 Å². The molecule has 13 aromatic rings. The number of carbonyl (C=O) groups excluding carboxylic acids is 2. The van der Waals surface area contributed by atoms with Crippen LogP contribution in [0.25, 0.3) is 0 Å². The maximum atomic E-state index is 10.2. The van der Waals surface area contributed by atoms with Gasteiger partial charge in [0, 0.05) is 59.0 Å². The van der Waals surface area contributed by atoms with Crippen LogP contribution in [-0.4, -0.2) is 85.6 Å². The maximum Gasteiger partial charge on any atom is 3.00 e. The Morgan fingerprint density at radius 3 is 0.564 bits per heavy atom. The third kappa shape index (κ3) is 41.2. The molecule has 21 heteroatoms. The van der Waals surface area contributed by atoms with E-state index in [-0.39, 0.29) is 119 Å². The first-order valence-corrected chi connectivity index (χ1v) is 48.9. The molecule has 0 saturated heterocycles. The summed E-state index contributed by atoms with van der Waals surface area (Å²) in [6.45, 7) is 9.59. The van der Waals surface area contributed by atoms with Gasteiger partial charge in [-0.2, -0.15) is 0 Å². The summed E-state index contributed by atoms with van der Waals surface area (Å²) >= 11 is -0.346. The number of carbonyl (C=O) groups is 3. The zero-order valence-corrected chi connectivity index (χ0v) is 80.0. The molecule has 0 amide bonds. The normalized spacial score (nSPS) is 10.1. The third-order valence-electron chi connectivity index (χ3n) is 17.7. The number of nitrogens with one attached hydrogen (secondary N) is 4. The van der Waals surface area contributed by atoms with Crippen LogP contribution in [0.2, 0.25) is 0 Å². The molecule has 595 valence electrons. The second-order valence-corrected chi connectivity index (χ2v) is 38.5. The van der Waals surface area contributed by atoms with Crippen molar-refractivity contribution in [3.05, 3.63) is 429 Å². The molecule has 0 unspecified atom stereocenters. The van der Waals surface area contributed by atoms with Crippen molar-refractivity contribution < 1.29 is 129 Å². The molecular formula is C96H105Cl2N4Na2O7P4Ru2+8. The van der Waals surface area contributed by atoms with Crippen molar-refractivity contribution in [2.24, 2.45) is 0 Å². The Morgan fingerprint density at radius 2 is 0.436 bits per heavy atom. The van der Waals surface area contributed by atoms with E-state index in [1.165, 1.54) is 114 Å². The fourth-order valence-electron chi connectivity index (χ4n) is 12.2. The number of hydrogen-bond donors (Lipinski definition) is 6. The summed E-state index contributed by atoms with van der Waals surface area (Å²) in [5.41, 5.74) is 6.33. The zero-order chi connectivity index (χ0) is 80.0. The Balaban J connectivity index is 0.000000425. The predicted octanol–water partition coefficient (Wildman–Crippen LogP) is 8.51. The van der Waals surface area contributed by atoms with E-state index in [4.69, 9.17) is 29.6 Å². The van der Waals surface area contributed by atoms with Gasteiger partial charge in [0.2, 0.25) is 0 Å². The van der Waals surface area contributed by atoms with Crippen LogP contribution in [0, 0.1) is 7.43 Å². The summed E-state index contributed by atoms with van der Waals surface area (Å²) in [5.74, 6) is -3.14. The van der Waals surface area contributed by atoms with E-state index in [2.05, 4.69) is 312 Å². The number of rotatable bonds is 31. The van der Waals surface area contributed by atoms with Crippen LogP contribution < -0.4 is 133 Å². The summed E-state index contributed by atoms with van der Waals surface area (Å²) in [7, 11) is 6.48. The van der Waals surface area contributed by atoms with Crippen molar-refractivity contribution in [3.8, 4) is 0 Å². The van der Waals surface area contributed by atoms with Gasteiger partial charge in [0.05, 0.1) is 116 Å². The summed E-state index contributed by atoms with van der Waals surface area (Å²) in [6, 6.07) is 131. The Labute approximate surface area is 772 Å². The molecule has 0 saturated carbocycles. The second-order valence-electron chi connectivity index (χ2n) is 25.4. The van der Waals surface area contributed by atoms with Gasteiger partial charge in [-0.3, -0.25) is 0 Å². The number of benzene rings is 13. The third-order valence-corrected chi connectivity index (χ3v) is 29.0. The monoisotopic (exact) mass is 1870 g/mol. The molecule has 0 aliphatic rings. The molecule has 13 rings (SSSR count). The molecule has 117 heavy (non-hydrogen) atoms. The summed E-state index contributed by atoms with van der Waals surface area (Å²) in [6.07, 6.45) is 4.68. The minimum absolute atomic E-state index is 0. The molecule has 1 radical (unpaired) electrons. The van der Waals surface area contributed by atoms with Crippen LogP contribution in [0.4, 0.5) is 0 Å².